The van der Waals surface area contributed by atoms with Gasteiger partial charge in [0.05, 0.1) is 0 Å². The lowest BCUT2D eigenvalue weighted by Gasteiger charge is -2.32. The molecule has 4 N–H and O–H groups in total. The normalized spacial score (nSPS) is 16.0. The number of nitrogens with two attached hydrogens (primary N) is 1. The lowest BCUT2D eigenvalue weighted by atomic mass is 9.97. The van der Waals surface area contributed by atoms with Crippen molar-refractivity contribution in [3.63, 3.8) is 0 Å². The summed E-state index contributed by atoms with van der Waals surface area (Å²) in [4.78, 5) is 13.6. The third-order valence-corrected chi connectivity index (χ3v) is 4.16. The summed E-state index contributed by atoms with van der Waals surface area (Å²) in [6.07, 6.45) is 2.01. The molecular weight excluding hydrogens is 282 g/mol. The number of carbonyl (C=O) groups excluding carboxylic acids is 1. The van der Waals surface area contributed by atoms with Gasteiger partial charge in [-0.3, -0.25) is 4.79 Å². The summed E-state index contributed by atoms with van der Waals surface area (Å²) < 4.78 is 0. The van der Waals surface area contributed by atoms with E-state index in [-0.39, 0.29) is 12.3 Å². The Hall–Kier alpha value is -2.41. The summed E-state index contributed by atoms with van der Waals surface area (Å²) >= 11 is 0. The molecule has 1 saturated heterocycles. The van der Waals surface area contributed by atoms with Gasteiger partial charge in [0.25, 0.3) is 5.91 Å². The van der Waals surface area contributed by atoms with E-state index in [1.807, 2.05) is 24.3 Å². The van der Waals surface area contributed by atoms with E-state index in [2.05, 4.69) is 20.3 Å². The van der Waals surface area contributed by atoms with Crippen LogP contribution in [-0.2, 0) is 0 Å². The van der Waals surface area contributed by atoms with Crippen molar-refractivity contribution in [1.82, 2.24) is 15.4 Å². The molecule has 7 nitrogen and oxygen atoms in total. The minimum atomic E-state index is -0.598. The number of anilines is 1. The number of aliphatic hydroxyl groups excluding tert-OH is 1. The Bertz CT molecular complexity index is 644. The van der Waals surface area contributed by atoms with Gasteiger partial charge in [0.1, 0.15) is 5.69 Å². The van der Waals surface area contributed by atoms with Gasteiger partial charge in [-0.1, -0.05) is 12.1 Å². The molecule has 1 aromatic carbocycles. The van der Waals surface area contributed by atoms with Crippen LogP contribution < -0.4 is 10.6 Å². The summed E-state index contributed by atoms with van der Waals surface area (Å²) in [5, 5.41) is 19.4. The number of rotatable bonds is 4. The highest BCUT2D eigenvalue weighted by molar-refractivity contribution is 5.96. The molecule has 0 saturated carbocycles. The van der Waals surface area contributed by atoms with Crippen molar-refractivity contribution in [2.75, 3.05) is 24.6 Å². The molecule has 116 valence electrons. The molecule has 0 spiro atoms. The van der Waals surface area contributed by atoms with Crippen molar-refractivity contribution < 1.29 is 9.90 Å². The first kappa shape index (κ1) is 14.5. The van der Waals surface area contributed by atoms with E-state index in [9.17, 15) is 9.90 Å². The van der Waals surface area contributed by atoms with Crippen molar-refractivity contribution in [1.29, 1.82) is 0 Å². The highest BCUT2D eigenvalue weighted by Crippen LogP contribution is 2.26. The van der Waals surface area contributed by atoms with E-state index in [1.165, 1.54) is 0 Å². The summed E-state index contributed by atoms with van der Waals surface area (Å²) in [6.45, 7) is 2.16. The first-order valence-electron chi connectivity index (χ1n) is 7.36. The number of hydrogen-bond donors (Lipinski definition) is 3. The maximum Gasteiger partial charge on any atom is 0.271 e. The molecule has 0 atom stereocenters. The average Bonchev–Trinajstić information content (AvgIpc) is 3.05. The second-order valence-electron chi connectivity index (χ2n) is 5.54. The number of hydrogen-bond acceptors (Lipinski definition) is 5. The predicted molar refractivity (Wildman–Crippen MR) is 82.4 cm³/mol. The number of aliphatic hydroxyl groups is 1. The van der Waals surface area contributed by atoms with E-state index in [1.54, 1.807) is 0 Å². The zero-order valence-corrected chi connectivity index (χ0v) is 12.2. The van der Waals surface area contributed by atoms with Crippen molar-refractivity contribution in [3.8, 4) is 11.3 Å². The number of primary amides is 1. The van der Waals surface area contributed by atoms with Gasteiger partial charge in [0.15, 0.2) is 5.69 Å². The number of carbonyl (C=O) groups is 1. The van der Waals surface area contributed by atoms with Crippen LogP contribution in [0.5, 0.6) is 0 Å². The summed E-state index contributed by atoms with van der Waals surface area (Å²) in [7, 11) is 0. The Kier molecular flexibility index (Phi) is 4.06. The quantitative estimate of drug-likeness (QED) is 0.773. The van der Waals surface area contributed by atoms with Gasteiger partial charge in [0, 0.05) is 30.9 Å². The Labute approximate surface area is 128 Å². The molecule has 2 aromatic rings. The predicted octanol–water partition coefficient (Wildman–Crippen LogP) is 0.779. The summed E-state index contributed by atoms with van der Waals surface area (Å²) in [5.74, 6) is -0.178. The number of aromatic nitrogens is 3. The van der Waals surface area contributed by atoms with E-state index in [4.69, 9.17) is 5.73 Å². The van der Waals surface area contributed by atoms with E-state index < -0.39 is 5.91 Å². The fraction of sp³-hybridized carbons (Fsp3) is 0.400. The second kappa shape index (κ2) is 6.15. The third-order valence-electron chi connectivity index (χ3n) is 4.16. The van der Waals surface area contributed by atoms with Crippen molar-refractivity contribution >= 4 is 11.6 Å². The zero-order valence-electron chi connectivity index (χ0n) is 12.2. The van der Waals surface area contributed by atoms with E-state index in [0.717, 1.165) is 37.2 Å². The smallest absolute Gasteiger partial charge is 0.271 e. The third kappa shape index (κ3) is 2.80. The highest BCUT2D eigenvalue weighted by Gasteiger charge is 2.19. The van der Waals surface area contributed by atoms with Crippen molar-refractivity contribution in [2.45, 2.75) is 12.8 Å². The largest absolute Gasteiger partial charge is 0.396 e. The number of aromatic amines is 1. The fourth-order valence-electron chi connectivity index (χ4n) is 2.81. The number of amides is 1. The van der Waals surface area contributed by atoms with Crippen LogP contribution in [0.4, 0.5) is 5.69 Å². The van der Waals surface area contributed by atoms with Crippen LogP contribution in [-0.4, -0.2) is 46.1 Å². The number of nitrogens with one attached hydrogen (secondary N) is 1. The van der Waals surface area contributed by atoms with Crippen LogP contribution in [0, 0.1) is 5.92 Å². The van der Waals surface area contributed by atoms with Gasteiger partial charge in [-0.15, -0.1) is 0 Å². The number of piperidine rings is 1. The van der Waals surface area contributed by atoms with E-state index in [0.29, 0.717) is 11.6 Å². The van der Waals surface area contributed by atoms with Crippen LogP contribution in [0.2, 0.25) is 0 Å². The van der Waals surface area contributed by atoms with Crippen molar-refractivity contribution in [3.05, 3.63) is 30.0 Å². The first-order chi connectivity index (χ1) is 10.7. The van der Waals surface area contributed by atoms with Crippen LogP contribution in [0.3, 0.4) is 0 Å². The molecule has 0 aliphatic carbocycles. The molecule has 0 bridgehead atoms. The summed E-state index contributed by atoms with van der Waals surface area (Å²) in [5.41, 5.74) is 7.83. The number of H-pyrrole nitrogens is 1. The Morgan fingerprint density at radius 1 is 1.27 bits per heavy atom. The van der Waals surface area contributed by atoms with Gasteiger partial charge in [0.2, 0.25) is 0 Å². The maximum atomic E-state index is 11.3. The Morgan fingerprint density at radius 2 is 1.95 bits per heavy atom. The van der Waals surface area contributed by atoms with Crippen LogP contribution >= 0.6 is 0 Å². The monoisotopic (exact) mass is 301 g/mol. The summed E-state index contributed by atoms with van der Waals surface area (Å²) in [6, 6.07) is 7.84. The van der Waals surface area contributed by atoms with Gasteiger partial charge < -0.3 is 15.7 Å². The van der Waals surface area contributed by atoms with Crippen LogP contribution in [0.1, 0.15) is 23.3 Å². The van der Waals surface area contributed by atoms with Gasteiger partial charge in [-0.05, 0) is 30.9 Å². The molecule has 0 radical (unpaired) electrons. The molecule has 22 heavy (non-hydrogen) atoms. The number of benzene rings is 1. The number of nitrogens with zero attached hydrogens (tertiary/aromatic N) is 3. The molecule has 1 aliphatic rings. The lowest BCUT2D eigenvalue weighted by molar-refractivity contribution is 0.0996. The van der Waals surface area contributed by atoms with Gasteiger partial charge >= 0.3 is 0 Å². The molecule has 1 aliphatic heterocycles. The topological polar surface area (TPSA) is 108 Å². The van der Waals surface area contributed by atoms with Crippen molar-refractivity contribution in [2.24, 2.45) is 11.7 Å². The van der Waals surface area contributed by atoms with E-state index >= 15 is 0 Å². The standard InChI is InChI=1S/C15H19N5O2/c16-15(22)14-13(17-19-18-14)11-1-3-12(4-2-11)20-7-5-10(9-21)6-8-20/h1-4,10,21H,5-9H2,(H2,16,22)(H,17,18,19). The maximum absolute atomic E-state index is 11.3. The molecule has 0 unspecified atom stereocenters. The lowest BCUT2D eigenvalue weighted by Crippen LogP contribution is -2.34. The second-order valence-corrected chi connectivity index (χ2v) is 5.54. The first-order valence-corrected chi connectivity index (χ1v) is 7.36. The highest BCUT2D eigenvalue weighted by atomic mass is 16.3. The average molecular weight is 301 g/mol. The zero-order chi connectivity index (χ0) is 15.5. The molecular formula is C15H19N5O2. The van der Waals surface area contributed by atoms with Crippen LogP contribution in [0.15, 0.2) is 24.3 Å². The molecule has 2 heterocycles. The minimum absolute atomic E-state index is 0.150. The fourth-order valence-corrected chi connectivity index (χ4v) is 2.81. The molecule has 1 aromatic heterocycles. The molecule has 1 fully saturated rings. The Morgan fingerprint density at radius 3 is 2.55 bits per heavy atom. The van der Waals surface area contributed by atoms with Crippen LogP contribution in [0.25, 0.3) is 11.3 Å². The van der Waals surface area contributed by atoms with Gasteiger partial charge in [-0.25, -0.2) is 0 Å². The Balaban J connectivity index is 1.76. The minimum Gasteiger partial charge on any atom is -0.396 e. The molecule has 1 amide bonds. The molecule has 3 rings (SSSR count). The molecule has 7 heteroatoms. The SMILES string of the molecule is NC(=O)c1n[nH]nc1-c1ccc(N2CCC(CO)CC2)cc1. The van der Waals surface area contributed by atoms with Gasteiger partial charge in [-0.2, -0.15) is 15.4 Å².